The molecular formula is C13H11Cl2FN2. The van der Waals surface area contributed by atoms with Crippen LogP contribution in [-0.4, -0.2) is 4.98 Å². The number of hydrogen-bond acceptors (Lipinski definition) is 2. The molecular weight excluding hydrogens is 274 g/mol. The second-order valence-corrected chi connectivity index (χ2v) is 4.76. The number of aromatic nitrogens is 1. The minimum Gasteiger partial charge on any atom is -0.380 e. The molecule has 2 nitrogen and oxygen atoms in total. The summed E-state index contributed by atoms with van der Waals surface area (Å²) in [4.78, 5) is 3.78. The van der Waals surface area contributed by atoms with E-state index in [4.69, 9.17) is 23.2 Å². The number of hydrogen-bond donors (Lipinski definition) is 1. The molecule has 1 aromatic carbocycles. The van der Waals surface area contributed by atoms with E-state index in [-0.39, 0.29) is 5.82 Å². The van der Waals surface area contributed by atoms with Crippen molar-refractivity contribution >= 4 is 28.9 Å². The van der Waals surface area contributed by atoms with Crippen LogP contribution in [0.1, 0.15) is 11.1 Å². The lowest BCUT2D eigenvalue weighted by molar-refractivity contribution is 0.619. The number of benzene rings is 1. The molecule has 1 N–H and O–H groups in total. The third-order valence-corrected chi connectivity index (χ3v) is 3.21. The van der Waals surface area contributed by atoms with Crippen molar-refractivity contribution in [1.82, 2.24) is 4.98 Å². The van der Waals surface area contributed by atoms with Crippen LogP contribution < -0.4 is 5.32 Å². The predicted octanol–water partition coefficient (Wildman–Crippen LogP) is 4.45. The smallest absolute Gasteiger partial charge is 0.141 e. The van der Waals surface area contributed by atoms with Crippen LogP contribution in [0.5, 0.6) is 0 Å². The van der Waals surface area contributed by atoms with Crippen molar-refractivity contribution in [2.24, 2.45) is 0 Å². The minimum atomic E-state index is -0.359. The first-order valence-corrected chi connectivity index (χ1v) is 6.11. The first-order valence-electron chi connectivity index (χ1n) is 5.35. The summed E-state index contributed by atoms with van der Waals surface area (Å²) >= 11 is 12.1. The second kappa shape index (κ2) is 5.55. The quantitative estimate of drug-likeness (QED) is 0.901. The zero-order valence-corrected chi connectivity index (χ0v) is 11.2. The molecule has 0 fully saturated rings. The topological polar surface area (TPSA) is 24.9 Å². The lowest BCUT2D eigenvalue weighted by Gasteiger charge is -2.10. The van der Waals surface area contributed by atoms with Crippen LogP contribution in [0.3, 0.4) is 0 Å². The molecule has 0 unspecified atom stereocenters. The largest absolute Gasteiger partial charge is 0.380 e. The first-order chi connectivity index (χ1) is 8.56. The fourth-order valence-corrected chi connectivity index (χ4v) is 1.98. The molecule has 1 aromatic heterocycles. The highest BCUT2D eigenvalue weighted by Gasteiger charge is 2.05. The minimum absolute atomic E-state index is 0.359. The highest BCUT2D eigenvalue weighted by atomic mass is 35.5. The SMILES string of the molecule is Cc1cc(Cl)c(NCc2cncc(F)c2)cc1Cl. The molecule has 0 radical (unpaired) electrons. The standard InChI is InChI=1S/C13H11Cl2FN2/c1-8-2-12(15)13(4-11(8)14)18-6-9-3-10(16)7-17-5-9/h2-5,7,18H,6H2,1H3. The summed E-state index contributed by atoms with van der Waals surface area (Å²) in [6.07, 6.45) is 2.76. The van der Waals surface area contributed by atoms with Gasteiger partial charge in [-0.1, -0.05) is 23.2 Å². The summed E-state index contributed by atoms with van der Waals surface area (Å²) in [5.41, 5.74) is 2.37. The highest BCUT2D eigenvalue weighted by Crippen LogP contribution is 2.29. The number of nitrogens with zero attached hydrogens (tertiary/aromatic N) is 1. The molecule has 0 aliphatic heterocycles. The van der Waals surface area contributed by atoms with Gasteiger partial charge in [-0.05, 0) is 36.2 Å². The van der Waals surface area contributed by atoms with Gasteiger partial charge >= 0.3 is 0 Å². The van der Waals surface area contributed by atoms with Gasteiger partial charge in [0, 0.05) is 17.8 Å². The molecule has 0 spiro atoms. The van der Waals surface area contributed by atoms with Gasteiger partial charge in [-0.3, -0.25) is 4.98 Å². The zero-order valence-electron chi connectivity index (χ0n) is 9.67. The number of halogens is 3. The van der Waals surface area contributed by atoms with Crippen molar-refractivity contribution < 1.29 is 4.39 Å². The number of pyridine rings is 1. The fourth-order valence-electron chi connectivity index (χ4n) is 1.53. The molecule has 0 saturated carbocycles. The van der Waals surface area contributed by atoms with Crippen LogP contribution in [0.4, 0.5) is 10.1 Å². The average Bonchev–Trinajstić information content (AvgIpc) is 2.32. The lowest BCUT2D eigenvalue weighted by atomic mass is 10.2. The van der Waals surface area contributed by atoms with E-state index in [1.807, 2.05) is 6.92 Å². The van der Waals surface area contributed by atoms with Gasteiger partial charge in [-0.25, -0.2) is 4.39 Å². The van der Waals surface area contributed by atoms with Gasteiger partial charge in [0.2, 0.25) is 0 Å². The van der Waals surface area contributed by atoms with E-state index >= 15 is 0 Å². The summed E-state index contributed by atoms with van der Waals surface area (Å²) in [7, 11) is 0. The van der Waals surface area contributed by atoms with E-state index in [2.05, 4.69) is 10.3 Å². The van der Waals surface area contributed by atoms with Crippen LogP contribution in [0.25, 0.3) is 0 Å². The third-order valence-electron chi connectivity index (χ3n) is 2.49. The Morgan fingerprint density at radius 1 is 1.17 bits per heavy atom. The summed E-state index contributed by atoms with van der Waals surface area (Å²) in [5.74, 6) is -0.359. The maximum atomic E-state index is 13.0. The summed E-state index contributed by atoms with van der Waals surface area (Å²) < 4.78 is 13.0. The summed E-state index contributed by atoms with van der Waals surface area (Å²) in [6, 6.07) is 4.96. The van der Waals surface area contributed by atoms with Crippen molar-refractivity contribution in [3.05, 3.63) is 57.6 Å². The molecule has 0 aliphatic carbocycles. The van der Waals surface area contributed by atoms with Crippen molar-refractivity contribution in [3.63, 3.8) is 0 Å². The normalized spacial score (nSPS) is 10.4. The van der Waals surface area contributed by atoms with Crippen molar-refractivity contribution in [2.45, 2.75) is 13.5 Å². The molecule has 94 valence electrons. The van der Waals surface area contributed by atoms with Gasteiger partial charge < -0.3 is 5.32 Å². The van der Waals surface area contributed by atoms with E-state index in [1.165, 1.54) is 12.3 Å². The Morgan fingerprint density at radius 2 is 1.94 bits per heavy atom. The van der Waals surface area contributed by atoms with Crippen LogP contribution in [-0.2, 0) is 6.54 Å². The Balaban J connectivity index is 2.13. The first kappa shape index (κ1) is 13.1. The van der Waals surface area contributed by atoms with Gasteiger partial charge in [0.25, 0.3) is 0 Å². The second-order valence-electron chi connectivity index (χ2n) is 3.95. The molecule has 0 aliphatic rings. The van der Waals surface area contributed by atoms with Crippen LogP contribution in [0.2, 0.25) is 10.0 Å². The van der Waals surface area contributed by atoms with E-state index in [0.29, 0.717) is 16.6 Å². The number of aryl methyl sites for hydroxylation is 1. The molecule has 5 heteroatoms. The maximum Gasteiger partial charge on any atom is 0.141 e. The fraction of sp³-hybridized carbons (Fsp3) is 0.154. The molecule has 18 heavy (non-hydrogen) atoms. The van der Waals surface area contributed by atoms with Gasteiger partial charge in [-0.2, -0.15) is 0 Å². The van der Waals surface area contributed by atoms with Gasteiger partial charge in [-0.15, -0.1) is 0 Å². The van der Waals surface area contributed by atoms with Crippen molar-refractivity contribution in [2.75, 3.05) is 5.32 Å². The van der Waals surface area contributed by atoms with Crippen molar-refractivity contribution in [1.29, 1.82) is 0 Å². The number of nitrogens with one attached hydrogen (secondary N) is 1. The summed E-state index contributed by atoms with van der Waals surface area (Å²) in [5, 5.41) is 4.32. The van der Waals surface area contributed by atoms with Gasteiger partial charge in [0.15, 0.2) is 0 Å². The Labute approximate surface area is 115 Å². The average molecular weight is 285 g/mol. The maximum absolute atomic E-state index is 13.0. The van der Waals surface area contributed by atoms with Gasteiger partial charge in [0.1, 0.15) is 5.82 Å². The molecule has 2 rings (SSSR count). The monoisotopic (exact) mass is 284 g/mol. The Morgan fingerprint density at radius 3 is 2.67 bits per heavy atom. The van der Waals surface area contributed by atoms with Crippen LogP contribution in [0.15, 0.2) is 30.6 Å². The Kier molecular flexibility index (Phi) is 4.04. The molecule has 2 aromatic rings. The highest BCUT2D eigenvalue weighted by molar-refractivity contribution is 6.35. The molecule has 1 heterocycles. The number of rotatable bonds is 3. The Hall–Kier alpha value is -1.32. The Bertz CT molecular complexity index is 573. The molecule has 0 atom stereocenters. The van der Waals surface area contributed by atoms with E-state index < -0.39 is 0 Å². The predicted molar refractivity (Wildman–Crippen MR) is 72.7 cm³/mol. The van der Waals surface area contributed by atoms with Crippen LogP contribution >= 0.6 is 23.2 Å². The van der Waals surface area contributed by atoms with E-state index in [1.54, 1.807) is 18.3 Å². The van der Waals surface area contributed by atoms with Crippen molar-refractivity contribution in [3.8, 4) is 0 Å². The molecule has 0 saturated heterocycles. The number of anilines is 1. The lowest BCUT2D eigenvalue weighted by Crippen LogP contribution is -2.01. The van der Waals surface area contributed by atoms with E-state index in [9.17, 15) is 4.39 Å². The molecule has 0 bridgehead atoms. The third kappa shape index (κ3) is 3.12. The van der Waals surface area contributed by atoms with Gasteiger partial charge in [0.05, 0.1) is 16.9 Å². The summed E-state index contributed by atoms with van der Waals surface area (Å²) in [6.45, 7) is 2.32. The van der Waals surface area contributed by atoms with E-state index in [0.717, 1.165) is 16.8 Å². The van der Waals surface area contributed by atoms with Crippen LogP contribution in [0, 0.1) is 12.7 Å². The zero-order chi connectivity index (χ0) is 13.1. The molecule has 0 amide bonds.